The molecule has 0 fully saturated rings. The van der Waals surface area contributed by atoms with Crippen LogP contribution in [0.15, 0.2) is 66.7 Å². The van der Waals surface area contributed by atoms with Gasteiger partial charge in [0, 0.05) is 47.1 Å². The molecule has 3 rings (SSSR count). The van der Waals surface area contributed by atoms with Gasteiger partial charge in [0.2, 0.25) is 0 Å². The van der Waals surface area contributed by atoms with Crippen LogP contribution < -0.4 is 16.0 Å². The first-order valence-electron chi connectivity index (χ1n) is 10.2. The van der Waals surface area contributed by atoms with Crippen LogP contribution in [0.3, 0.4) is 0 Å². The fourth-order valence-electron chi connectivity index (χ4n) is 3.01. The van der Waals surface area contributed by atoms with Gasteiger partial charge in [-0.25, -0.2) is 4.39 Å². The van der Waals surface area contributed by atoms with E-state index in [1.165, 1.54) is 54.6 Å². The number of hydrogen-bond donors (Lipinski definition) is 3. The number of aryl methyl sites for hydroxylation is 1. The average molecular weight is 464 g/mol. The summed E-state index contributed by atoms with van der Waals surface area (Å²) in [4.78, 5) is 47.1. The van der Waals surface area contributed by atoms with Gasteiger partial charge in [0.15, 0.2) is 0 Å². The van der Waals surface area contributed by atoms with Crippen LogP contribution in [0.25, 0.3) is 0 Å². The molecular weight excluding hydrogens is 443 g/mol. The van der Waals surface area contributed by atoms with Crippen LogP contribution in [0, 0.1) is 22.9 Å². The number of nitrogens with one attached hydrogen (secondary N) is 3. The first kappa shape index (κ1) is 24.1. The molecule has 3 amide bonds. The summed E-state index contributed by atoms with van der Waals surface area (Å²) in [5.74, 6) is -1.72. The second kappa shape index (κ2) is 10.8. The maximum atomic E-state index is 13.0. The molecule has 0 aliphatic carbocycles. The van der Waals surface area contributed by atoms with Crippen molar-refractivity contribution in [1.29, 1.82) is 0 Å². The lowest BCUT2D eigenvalue weighted by molar-refractivity contribution is -0.385. The van der Waals surface area contributed by atoms with E-state index < -0.39 is 22.6 Å². The van der Waals surface area contributed by atoms with Gasteiger partial charge in [0.05, 0.1) is 4.92 Å². The predicted molar refractivity (Wildman–Crippen MR) is 123 cm³/mol. The SMILES string of the molecule is Cc1ccc(C(=O)NCCNC(=O)c2ccc(NC(=O)c3ccc(F)cc3)cc2)cc1[N+](=O)[O-]. The van der Waals surface area contributed by atoms with Crippen LogP contribution in [-0.4, -0.2) is 35.7 Å². The molecule has 174 valence electrons. The molecule has 0 aromatic heterocycles. The van der Waals surface area contributed by atoms with E-state index in [4.69, 9.17) is 0 Å². The monoisotopic (exact) mass is 464 g/mol. The number of nitrogens with zero attached hydrogens (tertiary/aromatic N) is 1. The molecule has 0 aliphatic heterocycles. The largest absolute Gasteiger partial charge is 0.350 e. The summed E-state index contributed by atoms with van der Waals surface area (Å²) in [7, 11) is 0. The Morgan fingerprint density at radius 2 is 1.29 bits per heavy atom. The lowest BCUT2D eigenvalue weighted by Crippen LogP contribution is -2.34. The van der Waals surface area contributed by atoms with E-state index in [1.807, 2.05) is 0 Å². The minimum absolute atomic E-state index is 0.123. The highest BCUT2D eigenvalue weighted by Crippen LogP contribution is 2.19. The maximum absolute atomic E-state index is 13.0. The quantitative estimate of drug-likeness (QED) is 0.267. The van der Waals surface area contributed by atoms with E-state index >= 15 is 0 Å². The molecule has 0 aliphatic rings. The van der Waals surface area contributed by atoms with E-state index in [2.05, 4.69) is 16.0 Å². The van der Waals surface area contributed by atoms with Crippen LogP contribution in [0.5, 0.6) is 0 Å². The zero-order chi connectivity index (χ0) is 24.7. The Morgan fingerprint density at radius 3 is 1.88 bits per heavy atom. The van der Waals surface area contributed by atoms with Gasteiger partial charge in [-0.1, -0.05) is 6.07 Å². The van der Waals surface area contributed by atoms with Crippen LogP contribution in [0.2, 0.25) is 0 Å². The van der Waals surface area contributed by atoms with Crippen molar-refractivity contribution in [3.63, 3.8) is 0 Å². The molecule has 0 saturated carbocycles. The van der Waals surface area contributed by atoms with Crippen LogP contribution >= 0.6 is 0 Å². The fraction of sp³-hybridized carbons (Fsp3) is 0.125. The molecule has 3 aromatic carbocycles. The third-order valence-electron chi connectivity index (χ3n) is 4.88. The Bertz CT molecular complexity index is 1230. The molecule has 10 heteroatoms. The van der Waals surface area contributed by atoms with E-state index in [0.29, 0.717) is 22.4 Å². The number of rotatable bonds is 8. The Balaban J connectivity index is 1.46. The second-order valence-electron chi connectivity index (χ2n) is 7.31. The van der Waals surface area contributed by atoms with Gasteiger partial charge in [-0.05, 0) is 61.5 Å². The van der Waals surface area contributed by atoms with E-state index in [-0.39, 0.29) is 30.2 Å². The number of benzene rings is 3. The number of nitro benzene ring substituents is 1. The van der Waals surface area contributed by atoms with Gasteiger partial charge in [0.1, 0.15) is 5.82 Å². The average Bonchev–Trinajstić information content (AvgIpc) is 2.82. The third-order valence-corrected chi connectivity index (χ3v) is 4.88. The number of hydrogen-bond acceptors (Lipinski definition) is 5. The van der Waals surface area contributed by atoms with Crippen molar-refractivity contribution < 1.29 is 23.7 Å². The van der Waals surface area contributed by atoms with E-state index in [0.717, 1.165) is 0 Å². The molecule has 3 N–H and O–H groups in total. The van der Waals surface area contributed by atoms with Crippen molar-refractivity contribution in [3.8, 4) is 0 Å². The molecule has 0 saturated heterocycles. The molecule has 0 bridgehead atoms. The number of amides is 3. The molecule has 0 atom stereocenters. The zero-order valence-corrected chi connectivity index (χ0v) is 18.1. The number of anilines is 1. The summed E-state index contributed by atoms with van der Waals surface area (Å²) in [5.41, 5.74) is 1.58. The lowest BCUT2D eigenvalue weighted by Gasteiger charge is -2.09. The predicted octanol–water partition coefficient (Wildman–Crippen LogP) is 3.45. The first-order chi connectivity index (χ1) is 16.2. The molecule has 0 spiro atoms. The molecule has 0 heterocycles. The van der Waals surface area contributed by atoms with Gasteiger partial charge in [-0.2, -0.15) is 0 Å². The summed E-state index contributed by atoms with van der Waals surface area (Å²) in [6.07, 6.45) is 0. The fourth-order valence-corrected chi connectivity index (χ4v) is 3.01. The van der Waals surface area contributed by atoms with Crippen molar-refractivity contribution in [1.82, 2.24) is 10.6 Å². The zero-order valence-electron chi connectivity index (χ0n) is 18.1. The standard InChI is InChI=1S/C24H21FN4O5/c1-15-2-3-18(14-21(15)29(33)34)23(31)27-13-12-26-22(30)16-6-10-20(11-7-16)28-24(32)17-4-8-19(25)9-5-17/h2-11,14H,12-13H2,1H3,(H,26,30)(H,27,31)(H,28,32). The van der Waals surface area contributed by atoms with Crippen LogP contribution in [0.1, 0.15) is 36.6 Å². The Morgan fingerprint density at radius 1 is 0.794 bits per heavy atom. The molecule has 9 nitrogen and oxygen atoms in total. The van der Waals surface area contributed by atoms with Gasteiger partial charge in [-0.15, -0.1) is 0 Å². The van der Waals surface area contributed by atoms with Crippen LogP contribution in [0.4, 0.5) is 15.8 Å². The number of halogens is 1. The Kier molecular flexibility index (Phi) is 7.65. The van der Waals surface area contributed by atoms with Gasteiger partial charge >= 0.3 is 0 Å². The molecular formula is C24H21FN4O5. The van der Waals surface area contributed by atoms with Gasteiger partial charge in [-0.3, -0.25) is 24.5 Å². The minimum Gasteiger partial charge on any atom is -0.350 e. The molecule has 34 heavy (non-hydrogen) atoms. The van der Waals surface area contributed by atoms with Crippen molar-refractivity contribution in [2.45, 2.75) is 6.92 Å². The number of nitro groups is 1. The van der Waals surface area contributed by atoms with E-state index in [1.54, 1.807) is 19.1 Å². The summed E-state index contributed by atoms with van der Waals surface area (Å²) in [6, 6.07) is 15.5. The summed E-state index contributed by atoms with van der Waals surface area (Å²) < 4.78 is 13.0. The normalized spacial score (nSPS) is 10.3. The highest BCUT2D eigenvalue weighted by molar-refractivity contribution is 6.04. The summed E-state index contributed by atoms with van der Waals surface area (Å²) >= 11 is 0. The number of carbonyl (C=O) groups excluding carboxylic acids is 3. The van der Waals surface area contributed by atoms with Gasteiger partial charge in [0.25, 0.3) is 23.4 Å². The highest BCUT2D eigenvalue weighted by Gasteiger charge is 2.15. The molecule has 0 unspecified atom stereocenters. The van der Waals surface area contributed by atoms with Crippen LogP contribution in [-0.2, 0) is 0 Å². The Hall–Kier alpha value is -4.60. The molecule has 0 radical (unpaired) electrons. The first-order valence-corrected chi connectivity index (χ1v) is 10.2. The van der Waals surface area contributed by atoms with Crippen molar-refractivity contribution >= 4 is 29.1 Å². The topological polar surface area (TPSA) is 130 Å². The van der Waals surface area contributed by atoms with Crippen molar-refractivity contribution in [2.24, 2.45) is 0 Å². The maximum Gasteiger partial charge on any atom is 0.273 e. The summed E-state index contributed by atoms with van der Waals surface area (Å²) in [5, 5.41) is 18.9. The second-order valence-corrected chi connectivity index (χ2v) is 7.31. The minimum atomic E-state index is -0.550. The van der Waals surface area contributed by atoms with Crippen molar-refractivity contribution in [3.05, 3.63) is 105 Å². The summed E-state index contributed by atoms with van der Waals surface area (Å²) in [6.45, 7) is 1.85. The van der Waals surface area contributed by atoms with Gasteiger partial charge < -0.3 is 16.0 Å². The third kappa shape index (κ3) is 6.22. The highest BCUT2D eigenvalue weighted by atomic mass is 19.1. The van der Waals surface area contributed by atoms with Crippen molar-refractivity contribution in [2.75, 3.05) is 18.4 Å². The number of carbonyl (C=O) groups is 3. The lowest BCUT2D eigenvalue weighted by atomic mass is 10.1. The Labute approximate surface area is 194 Å². The smallest absolute Gasteiger partial charge is 0.273 e. The van der Waals surface area contributed by atoms with E-state index in [9.17, 15) is 28.9 Å². The molecule has 3 aromatic rings.